The first-order chi connectivity index (χ1) is 7.52. The first-order valence-corrected chi connectivity index (χ1v) is 5.72. The summed E-state index contributed by atoms with van der Waals surface area (Å²) in [4.78, 5) is 0. The van der Waals surface area contributed by atoms with Crippen LogP contribution in [0.2, 0.25) is 0 Å². The van der Waals surface area contributed by atoms with Crippen LogP contribution in [0.4, 0.5) is 0 Å². The fourth-order valence-corrected chi connectivity index (χ4v) is 2.34. The predicted molar refractivity (Wildman–Crippen MR) is 61.0 cm³/mol. The molecule has 16 heavy (non-hydrogen) atoms. The lowest BCUT2D eigenvalue weighted by Crippen LogP contribution is -2.41. The summed E-state index contributed by atoms with van der Waals surface area (Å²) in [6.07, 6.45) is 0.915. The van der Waals surface area contributed by atoms with Crippen molar-refractivity contribution in [1.82, 2.24) is 5.06 Å². The molecule has 0 saturated carbocycles. The smallest absolute Gasteiger partial charge is 0.0969 e. The molecule has 1 aliphatic rings. The number of benzene rings is 1. The van der Waals surface area contributed by atoms with Crippen LogP contribution in [0.25, 0.3) is 0 Å². The molecule has 0 aromatic heterocycles. The molecule has 1 aliphatic heterocycles. The SMILES string of the molecule is CC1(C)CCC(C(O)c2ccccc2)N1[O]. The second kappa shape index (κ2) is 4.17. The van der Waals surface area contributed by atoms with Gasteiger partial charge in [0, 0.05) is 5.54 Å². The second-order valence-electron chi connectivity index (χ2n) is 5.10. The second-order valence-corrected chi connectivity index (χ2v) is 5.10. The van der Waals surface area contributed by atoms with Crippen LogP contribution in [0.1, 0.15) is 38.4 Å². The van der Waals surface area contributed by atoms with Gasteiger partial charge >= 0.3 is 0 Å². The van der Waals surface area contributed by atoms with Crippen molar-refractivity contribution in [2.24, 2.45) is 0 Å². The van der Waals surface area contributed by atoms with Gasteiger partial charge in [-0.25, -0.2) is 0 Å². The topological polar surface area (TPSA) is 43.4 Å². The average molecular weight is 220 g/mol. The Labute approximate surface area is 96.3 Å². The molecule has 1 aromatic carbocycles. The van der Waals surface area contributed by atoms with E-state index in [4.69, 9.17) is 0 Å². The Hall–Kier alpha value is -0.900. The standard InChI is InChI=1S/C13H18NO2/c1-13(2)9-8-11(14(13)16)12(15)10-6-4-3-5-7-10/h3-7,11-12,15H,8-9H2,1-2H3. The van der Waals surface area contributed by atoms with Gasteiger partial charge in [-0.05, 0) is 32.3 Å². The first-order valence-electron chi connectivity index (χ1n) is 5.72. The molecular formula is C13H18NO2. The van der Waals surface area contributed by atoms with Gasteiger partial charge in [0.05, 0.1) is 12.1 Å². The van der Waals surface area contributed by atoms with Crippen molar-refractivity contribution in [3.05, 3.63) is 35.9 Å². The van der Waals surface area contributed by atoms with Crippen molar-refractivity contribution in [2.45, 2.75) is 44.4 Å². The van der Waals surface area contributed by atoms with E-state index in [1.54, 1.807) is 0 Å². The van der Waals surface area contributed by atoms with Gasteiger partial charge in [0.2, 0.25) is 0 Å². The molecule has 1 heterocycles. The quantitative estimate of drug-likeness (QED) is 0.831. The zero-order valence-corrected chi connectivity index (χ0v) is 9.76. The Morgan fingerprint density at radius 2 is 2.00 bits per heavy atom. The molecule has 87 valence electrons. The molecule has 0 bridgehead atoms. The Kier molecular flexibility index (Phi) is 3.02. The van der Waals surface area contributed by atoms with E-state index < -0.39 is 6.10 Å². The third-order valence-electron chi connectivity index (χ3n) is 3.46. The van der Waals surface area contributed by atoms with Gasteiger partial charge in [-0.2, -0.15) is 0 Å². The van der Waals surface area contributed by atoms with Crippen LogP contribution in [0.3, 0.4) is 0 Å². The van der Waals surface area contributed by atoms with Gasteiger partial charge < -0.3 is 5.11 Å². The molecule has 0 amide bonds. The third kappa shape index (κ3) is 1.98. The maximum absolute atomic E-state index is 12.0. The number of aliphatic hydroxyl groups is 1. The molecule has 0 spiro atoms. The predicted octanol–water partition coefficient (Wildman–Crippen LogP) is 2.31. The molecule has 1 saturated heterocycles. The zero-order valence-electron chi connectivity index (χ0n) is 9.76. The molecular weight excluding hydrogens is 202 g/mol. The van der Waals surface area contributed by atoms with Crippen LogP contribution >= 0.6 is 0 Å². The highest BCUT2D eigenvalue weighted by atomic mass is 16.5. The van der Waals surface area contributed by atoms with E-state index in [9.17, 15) is 10.3 Å². The summed E-state index contributed by atoms with van der Waals surface area (Å²) in [5.41, 5.74) is 0.478. The van der Waals surface area contributed by atoms with Crippen molar-refractivity contribution in [3.8, 4) is 0 Å². The van der Waals surface area contributed by atoms with Crippen molar-refractivity contribution >= 4 is 0 Å². The van der Waals surface area contributed by atoms with Crippen molar-refractivity contribution in [3.63, 3.8) is 0 Å². The summed E-state index contributed by atoms with van der Waals surface area (Å²) in [6, 6.07) is 9.09. The van der Waals surface area contributed by atoms with E-state index >= 15 is 0 Å². The lowest BCUT2D eigenvalue weighted by Gasteiger charge is -2.29. The van der Waals surface area contributed by atoms with Crippen molar-refractivity contribution in [1.29, 1.82) is 0 Å². The third-order valence-corrected chi connectivity index (χ3v) is 3.46. The van der Waals surface area contributed by atoms with Crippen LogP contribution < -0.4 is 0 Å². The van der Waals surface area contributed by atoms with E-state index in [0.717, 1.165) is 23.5 Å². The summed E-state index contributed by atoms with van der Waals surface area (Å²) >= 11 is 0. The van der Waals surface area contributed by atoms with Crippen LogP contribution in [-0.2, 0) is 5.21 Å². The summed E-state index contributed by atoms with van der Waals surface area (Å²) in [7, 11) is 0. The van der Waals surface area contributed by atoms with Crippen LogP contribution in [0.15, 0.2) is 30.3 Å². The maximum atomic E-state index is 12.0. The summed E-state index contributed by atoms with van der Waals surface area (Å²) in [5, 5.41) is 23.2. The number of rotatable bonds is 2. The maximum Gasteiger partial charge on any atom is 0.0969 e. The molecule has 1 aromatic rings. The van der Waals surface area contributed by atoms with E-state index in [1.165, 1.54) is 0 Å². The molecule has 1 radical (unpaired) electrons. The van der Waals surface area contributed by atoms with Crippen LogP contribution in [-0.4, -0.2) is 21.8 Å². The number of nitrogens with zero attached hydrogens (tertiary/aromatic N) is 1. The molecule has 1 fully saturated rings. The molecule has 2 atom stereocenters. The normalized spacial score (nSPS) is 26.9. The van der Waals surface area contributed by atoms with Crippen molar-refractivity contribution < 1.29 is 10.3 Å². The van der Waals surface area contributed by atoms with Gasteiger partial charge in [-0.15, -0.1) is 10.3 Å². The van der Waals surface area contributed by atoms with Gasteiger partial charge in [0.15, 0.2) is 0 Å². The minimum Gasteiger partial charge on any atom is -0.387 e. The summed E-state index contributed by atoms with van der Waals surface area (Å²) in [6.45, 7) is 3.86. The molecule has 3 heteroatoms. The number of aliphatic hydroxyl groups excluding tert-OH is 1. The van der Waals surface area contributed by atoms with E-state index in [-0.39, 0.29) is 11.6 Å². The highest BCUT2D eigenvalue weighted by Crippen LogP contribution is 2.37. The molecule has 3 nitrogen and oxygen atoms in total. The zero-order chi connectivity index (χ0) is 11.8. The summed E-state index contributed by atoms with van der Waals surface area (Å²) in [5.74, 6) is 0. The van der Waals surface area contributed by atoms with E-state index in [0.29, 0.717) is 0 Å². The largest absolute Gasteiger partial charge is 0.387 e. The lowest BCUT2D eigenvalue weighted by atomic mass is 10.0. The number of hydroxylamine groups is 2. The van der Waals surface area contributed by atoms with E-state index in [1.807, 2.05) is 44.2 Å². The molecule has 1 N–H and O–H groups in total. The Morgan fingerprint density at radius 1 is 1.38 bits per heavy atom. The van der Waals surface area contributed by atoms with Gasteiger partial charge in [-0.1, -0.05) is 30.3 Å². The minimum atomic E-state index is -0.680. The van der Waals surface area contributed by atoms with Gasteiger partial charge in [-0.3, -0.25) is 0 Å². The minimum absolute atomic E-state index is 0.308. The first kappa shape index (κ1) is 11.6. The van der Waals surface area contributed by atoms with Gasteiger partial charge in [0.1, 0.15) is 0 Å². The fourth-order valence-electron chi connectivity index (χ4n) is 2.34. The molecule has 2 rings (SSSR count). The van der Waals surface area contributed by atoms with Gasteiger partial charge in [0.25, 0.3) is 0 Å². The van der Waals surface area contributed by atoms with E-state index in [2.05, 4.69) is 0 Å². The molecule has 0 aliphatic carbocycles. The number of hydrogen-bond donors (Lipinski definition) is 1. The highest BCUT2D eigenvalue weighted by molar-refractivity contribution is 5.19. The van der Waals surface area contributed by atoms with Crippen LogP contribution in [0.5, 0.6) is 0 Å². The summed E-state index contributed by atoms with van der Waals surface area (Å²) < 4.78 is 0. The monoisotopic (exact) mass is 220 g/mol. The Balaban J connectivity index is 2.15. The Morgan fingerprint density at radius 3 is 2.50 bits per heavy atom. The highest BCUT2D eigenvalue weighted by Gasteiger charge is 2.43. The lowest BCUT2D eigenvalue weighted by molar-refractivity contribution is -0.236. The average Bonchev–Trinajstić information content (AvgIpc) is 2.55. The molecule has 2 unspecified atom stereocenters. The fraction of sp³-hybridized carbons (Fsp3) is 0.538. The Bertz CT molecular complexity index is 350. The van der Waals surface area contributed by atoms with Crippen LogP contribution in [0, 0.1) is 0 Å². The number of hydrogen-bond acceptors (Lipinski definition) is 2. The van der Waals surface area contributed by atoms with Crippen molar-refractivity contribution in [2.75, 3.05) is 0 Å².